The molecule has 29 heavy (non-hydrogen) atoms. The first-order valence-electron chi connectivity index (χ1n) is 10.5. The molecular formula is C22H27NO5S. The van der Waals surface area contributed by atoms with Crippen LogP contribution in [-0.2, 0) is 27.2 Å². The van der Waals surface area contributed by atoms with Crippen molar-refractivity contribution in [3.63, 3.8) is 0 Å². The van der Waals surface area contributed by atoms with Crippen molar-refractivity contribution in [3.05, 3.63) is 28.2 Å². The first-order valence-corrected chi connectivity index (χ1v) is 11.4. The average Bonchev–Trinajstić information content (AvgIpc) is 3.09. The number of carboxylic acid groups (broad SMARTS) is 1. The molecule has 4 aliphatic rings. The van der Waals surface area contributed by atoms with Crippen LogP contribution in [0.25, 0.3) is 0 Å². The molecule has 0 unspecified atom stereocenters. The van der Waals surface area contributed by atoms with E-state index in [9.17, 15) is 19.5 Å². The maximum absolute atomic E-state index is 13.2. The lowest BCUT2D eigenvalue weighted by molar-refractivity contribution is -0.151. The van der Waals surface area contributed by atoms with Crippen molar-refractivity contribution in [1.29, 1.82) is 0 Å². The summed E-state index contributed by atoms with van der Waals surface area (Å²) >= 11 is 1.45. The van der Waals surface area contributed by atoms with Gasteiger partial charge in [-0.2, -0.15) is 0 Å². The number of thiophene rings is 1. The van der Waals surface area contributed by atoms with E-state index >= 15 is 0 Å². The molecule has 4 aliphatic carbocycles. The molecule has 1 heterocycles. The molecule has 1 aromatic rings. The lowest BCUT2D eigenvalue weighted by Gasteiger charge is -2.41. The summed E-state index contributed by atoms with van der Waals surface area (Å²) in [7, 11) is 0. The smallest absolute Gasteiger partial charge is 0.341 e. The number of amides is 1. The van der Waals surface area contributed by atoms with E-state index in [1.807, 2.05) is 19.1 Å². The topological polar surface area (TPSA) is 92.7 Å². The highest BCUT2D eigenvalue weighted by Crippen LogP contribution is 2.46. The number of anilines is 1. The zero-order valence-corrected chi connectivity index (χ0v) is 17.4. The molecule has 0 spiro atoms. The predicted octanol–water partition coefficient (Wildman–Crippen LogP) is 4.05. The molecule has 1 saturated carbocycles. The minimum absolute atomic E-state index is 0.0637. The molecule has 0 saturated heterocycles. The van der Waals surface area contributed by atoms with Crippen molar-refractivity contribution in [2.24, 2.45) is 23.7 Å². The van der Waals surface area contributed by atoms with Gasteiger partial charge in [0.15, 0.2) is 0 Å². The van der Waals surface area contributed by atoms with Gasteiger partial charge in [-0.15, -0.1) is 11.3 Å². The summed E-state index contributed by atoms with van der Waals surface area (Å²) in [5.74, 6) is -3.07. The second-order valence-electron chi connectivity index (χ2n) is 8.22. The van der Waals surface area contributed by atoms with Gasteiger partial charge in [0.05, 0.1) is 24.0 Å². The van der Waals surface area contributed by atoms with Gasteiger partial charge in [-0.25, -0.2) is 4.79 Å². The molecule has 1 amide bonds. The van der Waals surface area contributed by atoms with E-state index in [-0.39, 0.29) is 23.7 Å². The molecule has 6 nitrogen and oxygen atoms in total. The normalized spacial score (nSPS) is 27.3. The van der Waals surface area contributed by atoms with Crippen LogP contribution in [0.3, 0.4) is 0 Å². The number of aliphatic carboxylic acids is 1. The minimum Gasteiger partial charge on any atom is -0.481 e. The van der Waals surface area contributed by atoms with Gasteiger partial charge in [0, 0.05) is 4.88 Å². The fourth-order valence-electron chi connectivity index (χ4n) is 5.02. The molecule has 4 atom stereocenters. The number of hydrogen-bond donors (Lipinski definition) is 2. The van der Waals surface area contributed by atoms with Gasteiger partial charge in [0.1, 0.15) is 5.00 Å². The SMILES string of the molecule is CCCOC(=O)c1c(NC(=O)[C@@H]2[C@@H](C(=O)O)[C@H]3C=C[C@@H]2CC3)sc2c1CCCC2. The summed E-state index contributed by atoms with van der Waals surface area (Å²) in [4.78, 5) is 39.0. The van der Waals surface area contributed by atoms with Gasteiger partial charge in [-0.3, -0.25) is 9.59 Å². The summed E-state index contributed by atoms with van der Waals surface area (Å²) in [5, 5.41) is 13.2. The number of allylic oxidation sites excluding steroid dienone is 2. The van der Waals surface area contributed by atoms with E-state index < -0.39 is 17.8 Å². The number of carbonyl (C=O) groups excluding carboxylic acids is 2. The van der Waals surface area contributed by atoms with Crippen LogP contribution in [0.2, 0.25) is 0 Å². The Kier molecular flexibility index (Phi) is 5.76. The zero-order chi connectivity index (χ0) is 20.5. The van der Waals surface area contributed by atoms with Crippen molar-refractivity contribution in [2.75, 3.05) is 11.9 Å². The number of ether oxygens (including phenoxy) is 1. The van der Waals surface area contributed by atoms with E-state index in [0.29, 0.717) is 17.2 Å². The van der Waals surface area contributed by atoms with Gasteiger partial charge in [0.2, 0.25) is 5.91 Å². The van der Waals surface area contributed by atoms with Gasteiger partial charge >= 0.3 is 11.9 Å². The molecule has 5 rings (SSSR count). The highest BCUT2D eigenvalue weighted by atomic mass is 32.1. The average molecular weight is 418 g/mol. The summed E-state index contributed by atoms with van der Waals surface area (Å²) in [5.41, 5.74) is 1.48. The third kappa shape index (κ3) is 3.72. The summed E-state index contributed by atoms with van der Waals surface area (Å²) in [6.07, 6.45) is 10.1. The minimum atomic E-state index is -0.919. The number of carbonyl (C=O) groups is 3. The van der Waals surface area contributed by atoms with E-state index in [2.05, 4.69) is 5.32 Å². The molecular weight excluding hydrogens is 390 g/mol. The maximum atomic E-state index is 13.2. The Morgan fingerprint density at radius 1 is 1.14 bits per heavy atom. The third-order valence-electron chi connectivity index (χ3n) is 6.39. The van der Waals surface area contributed by atoms with E-state index in [4.69, 9.17) is 4.74 Å². The number of aryl methyl sites for hydroxylation is 1. The van der Waals surface area contributed by atoms with Crippen LogP contribution in [0, 0.1) is 23.7 Å². The van der Waals surface area contributed by atoms with E-state index in [1.54, 1.807) is 0 Å². The molecule has 156 valence electrons. The Morgan fingerprint density at radius 2 is 1.83 bits per heavy atom. The molecule has 7 heteroatoms. The molecule has 1 fully saturated rings. The first kappa shape index (κ1) is 20.1. The van der Waals surface area contributed by atoms with Crippen LogP contribution >= 0.6 is 11.3 Å². The quantitative estimate of drug-likeness (QED) is 0.538. The molecule has 1 aromatic heterocycles. The Hall–Kier alpha value is -2.15. The standard InChI is InChI=1S/C22H27NO5S/c1-2-11-28-22(27)18-14-5-3-4-6-15(14)29-20(18)23-19(24)16-12-7-9-13(10-8-12)17(16)21(25)26/h7,9,12-13,16-17H,2-6,8,10-11H2,1H3,(H,23,24)(H,25,26)/t12-,13+,16+,17+/m1/s1. The van der Waals surface area contributed by atoms with Crippen LogP contribution in [0.4, 0.5) is 5.00 Å². The van der Waals surface area contributed by atoms with Crippen molar-refractivity contribution in [1.82, 2.24) is 0 Å². The Morgan fingerprint density at radius 3 is 2.48 bits per heavy atom. The number of esters is 1. The number of fused-ring (bicyclic) bond motifs is 3. The van der Waals surface area contributed by atoms with Gasteiger partial charge in [0.25, 0.3) is 0 Å². The summed E-state index contributed by atoms with van der Waals surface area (Å²) in [6, 6.07) is 0. The second-order valence-corrected chi connectivity index (χ2v) is 9.33. The predicted molar refractivity (Wildman–Crippen MR) is 110 cm³/mol. The Bertz CT molecular complexity index is 858. The van der Waals surface area contributed by atoms with Crippen molar-refractivity contribution in [3.8, 4) is 0 Å². The van der Waals surface area contributed by atoms with Crippen LogP contribution < -0.4 is 5.32 Å². The van der Waals surface area contributed by atoms with Crippen molar-refractivity contribution < 1.29 is 24.2 Å². The first-order chi connectivity index (χ1) is 14.0. The van der Waals surface area contributed by atoms with Crippen LogP contribution in [0.15, 0.2) is 12.2 Å². The highest BCUT2D eigenvalue weighted by Gasteiger charge is 2.48. The molecule has 2 N–H and O–H groups in total. The van der Waals surface area contributed by atoms with E-state index in [0.717, 1.165) is 55.4 Å². The van der Waals surface area contributed by atoms with Crippen molar-refractivity contribution in [2.45, 2.75) is 51.9 Å². The highest BCUT2D eigenvalue weighted by molar-refractivity contribution is 7.17. The monoisotopic (exact) mass is 417 g/mol. The fourth-order valence-corrected chi connectivity index (χ4v) is 6.30. The molecule has 2 bridgehead atoms. The summed E-state index contributed by atoms with van der Waals surface area (Å²) in [6.45, 7) is 2.28. The number of carboxylic acids is 1. The van der Waals surface area contributed by atoms with Gasteiger partial charge in [-0.05, 0) is 62.3 Å². The second kappa shape index (κ2) is 8.30. The van der Waals surface area contributed by atoms with Crippen LogP contribution in [-0.4, -0.2) is 29.6 Å². The lowest BCUT2D eigenvalue weighted by atomic mass is 9.62. The Labute approximate surface area is 174 Å². The van der Waals surface area contributed by atoms with Crippen LogP contribution in [0.1, 0.15) is 59.8 Å². The Balaban J connectivity index is 1.62. The fraction of sp³-hybridized carbons (Fsp3) is 0.591. The molecule has 0 aromatic carbocycles. The van der Waals surface area contributed by atoms with E-state index in [1.165, 1.54) is 11.3 Å². The van der Waals surface area contributed by atoms with Gasteiger partial charge in [-0.1, -0.05) is 19.1 Å². The van der Waals surface area contributed by atoms with Crippen molar-refractivity contribution >= 4 is 34.2 Å². The lowest BCUT2D eigenvalue weighted by Crippen LogP contribution is -2.47. The number of rotatable bonds is 6. The van der Waals surface area contributed by atoms with Gasteiger partial charge < -0.3 is 15.2 Å². The molecule has 0 radical (unpaired) electrons. The maximum Gasteiger partial charge on any atom is 0.341 e. The third-order valence-corrected chi connectivity index (χ3v) is 7.59. The number of hydrogen-bond acceptors (Lipinski definition) is 5. The molecule has 0 aliphatic heterocycles. The largest absolute Gasteiger partial charge is 0.481 e. The zero-order valence-electron chi connectivity index (χ0n) is 16.6. The summed E-state index contributed by atoms with van der Waals surface area (Å²) < 4.78 is 5.39. The number of nitrogens with one attached hydrogen (secondary N) is 1. The van der Waals surface area contributed by atoms with Crippen LogP contribution in [0.5, 0.6) is 0 Å².